The van der Waals surface area contributed by atoms with Gasteiger partial charge in [0, 0.05) is 19.1 Å². The number of aliphatic hydroxyl groups excluding tert-OH is 1. The minimum Gasteiger partial charge on any atom is -0.388 e. The van der Waals surface area contributed by atoms with Gasteiger partial charge in [-0.05, 0) is 25.7 Å². The van der Waals surface area contributed by atoms with Gasteiger partial charge >= 0.3 is 5.69 Å². The molecule has 1 aliphatic rings. The molecule has 0 radical (unpaired) electrons. The lowest BCUT2D eigenvalue weighted by atomic mass is 10.2. The zero-order valence-corrected chi connectivity index (χ0v) is 17.3. The number of amides is 1. The Morgan fingerprint density at radius 3 is 2.45 bits per heavy atom. The predicted molar refractivity (Wildman–Crippen MR) is 110 cm³/mol. The number of hydrogen-bond acceptors (Lipinski definition) is 5. The van der Waals surface area contributed by atoms with Gasteiger partial charge in [0.1, 0.15) is 19.0 Å². The summed E-state index contributed by atoms with van der Waals surface area (Å²) in [5.41, 5.74) is -0.484. The van der Waals surface area contributed by atoms with Crippen molar-refractivity contribution in [2.75, 3.05) is 0 Å². The van der Waals surface area contributed by atoms with Crippen LogP contribution in [-0.2, 0) is 31.0 Å². The van der Waals surface area contributed by atoms with E-state index >= 15 is 0 Å². The van der Waals surface area contributed by atoms with Crippen molar-refractivity contribution in [3.05, 3.63) is 26.7 Å². The molecule has 29 heavy (non-hydrogen) atoms. The molecule has 9 nitrogen and oxygen atoms in total. The summed E-state index contributed by atoms with van der Waals surface area (Å²) in [5, 5.41) is 12.6. The number of hydrogen-bond donors (Lipinski definition) is 2. The van der Waals surface area contributed by atoms with Gasteiger partial charge in [0.25, 0.3) is 5.56 Å². The number of aryl methyl sites for hydroxylation is 2. The lowest BCUT2D eigenvalue weighted by molar-refractivity contribution is -0.122. The Hall–Kier alpha value is -2.42. The number of fused-ring (bicyclic) bond motifs is 1. The van der Waals surface area contributed by atoms with Crippen molar-refractivity contribution in [2.45, 2.75) is 91.1 Å². The number of nitrogens with one attached hydrogen (secondary N) is 1. The highest BCUT2D eigenvalue weighted by atomic mass is 16.3. The molecule has 1 saturated carbocycles. The van der Waals surface area contributed by atoms with Crippen molar-refractivity contribution in [1.82, 2.24) is 24.0 Å². The van der Waals surface area contributed by atoms with E-state index < -0.39 is 11.2 Å². The van der Waals surface area contributed by atoms with Crippen LogP contribution in [0.15, 0.2) is 9.59 Å². The third kappa shape index (κ3) is 4.29. The summed E-state index contributed by atoms with van der Waals surface area (Å²) in [6.45, 7) is 4.27. The maximum absolute atomic E-state index is 13.2. The highest BCUT2D eigenvalue weighted by Gasteiger charge is 2.23. The number of carbonyl (C=O) groups excluding carboxylic acids is 1. The number of nitrogens with zero attached hydrogens (tertiary/aromatic N) is 4. The zero-order valence-electron chi connectivity index (χ0n) is 17.3. The quantitative estimate of drug-likeness (QED) is 0.649. The highest BCUT2D eigenvalue weighted by molar-refractivity contribution is 5.77. The van der Waals surface area contributed by atoms with E-state index in [-0.39, 0.29) is 30.6 Å². The number of carbonyl (C=O) groups is 1. The van der Waals surface area contributed by atoms with E-state index in [1.54, 1.807) is 4.57 Å². The fraction of sp³-hybridized carbons (Fsp3) is 0.700. The monoisotopic (exact) mass is 405 g/mol. The van der Waals surface area contributed by atoms with Crippen molar-refractivity contribution in [2.24, 2.45) is 0 Å². The molecule has 2 N–H and O–H groups in total. The van der Waals surface area contributed by atoms with Gasteiger partial charge in [0.2, 0.25) is 5.91 Å². The fourth-order valence-electron chi connectivity index (χ4n) is 4.07. The molecule has 1 aliphatic carbocycles. The van der Waals surface area contributed by atoms with Crippen LogP contribution < -0.4 is 16.6 Å². The third-order valence-electron chi connectivity index (χ3n) is 5.54. The van der Waals surface area contributed by atoms with Gasteiger partial charge in [-0.15, -0.1) is 0 Å². The minimum absolute atomic E-state index is 0.121. The van der Waals surface area contributed by atoms with E-state index in [9.17, 15) is 19.5 Å². The molecule has 0 spiro atoms. The van der Waals surface area contributed by atoms with E-state index in [4.69, 9.17) is 0 Å². The topological polar surface area (TPSA) is 111 Å². The molecule has 2 aromatic heterocycles. The van der Waals surface area contributed by atoms with Gasteiger partial charge in [-0.25, -0.2) is 14.3 Å². The molecular formula is C20H31N5O4. The Bertz CT molecular complexity index is 981. The average Bonchev–Trinajstić information content (AvgIpc) is 3.33. The number of aromatic nitrogens is 4. The molecule has 0 aromatic carbocycles. The van der Waals surface area contributed by atoms with Gasteiger partial charge in [-0.3, -0.25) is 14.2 Å². The van der Waals surface area contributed by atoms with Crippen LogP contribution in [-0.4, -0.2) is 35.7 Å². The van der Waals surface area contributed by atoms with Crippen LogP contribution in [0.3, 0.4) is 0 Å². The predicted octanol–water partition coefficient (Wildman–Crippen LogP) is 1.12. The van der Waals surface area contributed by atoms with Crippen LogP contribution in [0.4, 0.5) is 0 Å². The summed E-state index contributed by atoms with van der Waals surface area (Å²) in [6.07, 6.45) is 6.40. The maximum Gasteiger partial charge on any atom is 0.333 e. The van der Waals surface area contributed by atoms with Gasteiger partial charge < -0.3 is 15.0 Å². The normalized spacial score (nSPS) is 14.7. The van der Waals surface area contributed by atoms with Crippen LogP contribution in [0.5, 0.6) is 0 Å². The van der Waals surface area contributed by atoms with Crippen molar-refractivity contribution in [3.63, 3.8) is 0 Å². The molecule has 0 atom stereocenters. The zero-order chi connectivity index (χ0) is 21.0. The number of rotatable bonds is 9. The lowest BCUT2D eigenvalue weighted by Crippen LogP contribution is -2.45. The Morgan fingerprint density at radius 1 is 1.10 bits per heavy atom. The van der Waals surface area contributed by atoms with Crippen molar-refractivity contribution < 1.29 is 9.90 Å². The van der Waals surface area contributed by atoms with Crippen LogP contribution in [0, 0.1) is 0 Å². The molecule has 2 heterocycles. The maximum atomic E-state index is 13.2. The van der Waals surface area contributed by atoms with Crippen LogP contribution in [0.25, 0.3) is 11.2 Å². The minimum atomic E-state index is -0.528. The summed E-state index contributed by atoms with van der Waals surface area (Å²) < 4.78 is 4.15. The third-order valence-corrected chi connectivity index (χ3v) is 5.54. The number of imidazole rings is 1. The molecule has 0 unspecified atom stereocenters. The van der Waals surface area contributed by atoms with Crippen LogP contribution in [0.2, 0.25) is 0 Å². The van der Waals surface area contributed by atoms with Gasteiger partial charge in [-0.2, -0.15) is 0 Å². The second-order valence-corrected chi connectivity index (χ2v) is 7.74. The van der Waals surface area contributed by atoms with Crippen molar-refractivity contribution in [1.29, 1.82) is 0 Å². The molecular weight excluding hydrogens is 374 g/mol. The standard InChI is InChI=1S/C20H31N5O4/c1-3-5-11-24-18-17(23(10-4-2)15(13-26)22-18)19(28)25(20(24)29)12-16(27)21-14-8-6-7-9-14/h14,26H,3-13H2,1-2H3,(H,21,27). The first-order chi connectivity index (χ1) is 14.0. The summed E-state index contributed by atoms with van der Waals surface area (Å²) >= 11 is 0. The molecule has 160 valence electrons. The van der Waals surface area contributed by atoms with Gasteiger partial charge in [0.15, 0.2) is 11.2 Å². The van der Waals surface area contributed by atoms with Crippen LogP contribution >= 0.6 is 0 Å². The largest absolute Gasteiger partial charge is 0.388 e. The molecule has 1 fully saturated rings. The fourth-order valence-corrected chi connectivity index (χ4v) is 4.07. The summed E-state index contributed by atoms with van der Waals surface area (Å²) in [4.78, 5) is 43.2. The van der Waals surface area contributed by atoms with E-state index in [1.165, 1.54) is 4.57 Å². The smallest absolute Gasteiger partial charge is 0.333 e. The molecule has 1 amide bonds. The van der Waals surface area contributed by atoms with Crippen LogP contribution in [0.1, 0.15) is 64.6 Å². The van der Waals surface area contributed by atoms with Crippen molar-refractivity contribution in [3.8, 4) is 0 Å². The first-order valence-corrected chi connectivity index (χ1v) is 10.6. The van der Waals surface area contributed by atoms with Crippen molar-refractivity contribution >= 4 is 17.1 Å². The summed E-state index contributed by atoms with van der Waals surface area (Å²) in [7, 11) is 0. The molecule has 3 rings (SSSR count). The first kappa shape index (κ1) is 21.3. The Morgan fingerprint density at radius 2 is 1.83 bits per heavy atom. The first-order valence-electron chi connectivity index (χ1n) is 10.6. The Balaban J connectivity index is 2.10. The van der Waals surface area contributed by atoms with E-state index in [0.29, 0.717) is 24.6 Å². The molecule has 0 bridgehead atoms. The molecule has 9 heteroatoms. The molecule has 0 aliphatic heterocycles. The number of aliphatic hydroxyl groups is 1. The average molecular weight is 405 g/mol. The SMILES string of the molecule is CCCCn1c(=O)n(CC(=O)NC2CCCC2)c(=O)c2c1nc(CO)n2CCC. The Kier molecular flexibility index (Phi) is 6.89. The molecule has 2 aromatic rings. The second kappa shape index (κ2) is 9.39. The van der Waals surface area contributed by atoms with E-state index in [0.717, 1.165) is 49.5 Å². The highest BCUT2D eigenvalue weighted by Crippen LogP contribution is 2.17. The van der Waals surface area contributed by atoms with Gasteiger partial charge in [0.05, 0.1) is 0 Å². The molecule has 0 saturated heterocycles. The summed E-state index contributed by atoms with van der Waals surface area (Å²) in [6, 6.07) is 0.121. The lowest BCUT2D eigenvalue weighted by Gasteiger charge is -2.14. The Labute approximate surface area is 169 Å². The second-order valence-electron chi connectivity index (χ2n) is 7.74. The van der Waals surface area contributed by atoms with E-state index in [2.05, 4.69) is 10.3 Å². The summed E-state index contributed by atoms with van der Waals surface area (Å²) in [5.74, 6) is 0.0400. The van der Waals surface area contributed by atoms with E-state index in [1.807, 2.05) is 13.8 Å². The number of unbranched alkanes of at least 4 members (excludes halogenated alkanes) is 1. The van der Waals surface area contributed by atoms with Gasteiger partial charge in [-0.1, -0.05) is 33.1 Å².